The first-order valence-electron chi connectivity index (χ1n) is 11.7. The topological polar surface area (TPSA) is 66.8 Å². The molecule has 5 heterocycles. The molecule has 1 aromatic heterocycles. The Morgan fingerprint density at radius 2 is 2.03 bits per heavy atom. The molecule has 5 rings (SSSR count). The Bertz CT molecular complexity index is 850. The number of hydrogen-bond donors (Lipinski definition) is 1. The van der Waals surface area contributed by atoms with Gasteiger partial charge in [0.25, 0.3) is 5.56 Å². The maximum atomic E-state index is 13.3. The van der Waals surface area contributed by atoms with Gasteiger partial charge in [-0.15, -0.1) is 0 Å². The van der Waals surface area contributed by atoms with Crippen LogP contribution in [0.3, 0.4) is 0 Å². The Hall–Kier alpha value is -1.86. The van der Waals surface area contributed by atoms with Crippen molar-refractivity contribution in [2.24, 2.45) is 5.92 Å². The van der Waals surface area contributed by atoms with E-state index in [4.69, 9.17) is 4.74 Å². The van der Waals surface area contributed by atoms with Gasteiger partial charge in [-0.25, -0.2) is 4.79 Å². The average Bonchev–Trinajstić information content (AvgIpc) is 3.20. The highest BCUT2D eigenvalue weighted by atomic mass is 16.5. The van der Waals surface area contributed by atoms with E-state index in [9.17, 15) is 9.59 Å². The largest absolute Gasteiger partial charge is 0.375 e. The lowest BCUT2D eigenvalue weighted by molar-refractivity contribution is -0.0448. The van der Waals surface area contributed by atoms with E-state index in [0.717, 1.165) is 69.9 Å². The first-order chi connectivity index (χ1) is 14.6. The summed E-state index contributed by atoms with van der Waals surface area (Å²) in [6.45, 7) is 8.42. The first-order valence-corrected chi connectivity index (χ1v) is 11.7. The SMILES string of the molecule is CCNC(=O)N1C[C@@H]2C[C@H](C1)c1ccc(CN3CCC4(CCCO4)CC3)c(=O)n1C2. The maximum absolute atomic E-state index is 13.3. The fourth-order valence-corrected chi connectivity index (χ4v) is 6.05. The van der Waals surface area contributed by atoms with E-state index in [1.807, 2.05) is 22.5 Å². The van der Waals surface area contributed by atoms with Crippen molar-refractivity contribution in [1.82, 2.24) is 19.7 Å². The highest BCUT2D eigenvalue weighted by Crippen LogP contribution is 2.37. The third-order valence-corrected chi connectivity index (χ3v) is 7.64. The number of likely N-dealkylation sites (tertiary alicyclic amines) is 2. The summed E-state index contributed by atoms with van der Waals surface area (Å²) in [5.74, 6) is 0.623. The molecule has 1 aromatic rings. The van der Waals surface area contributed by atoms with Gasteiger partial charge in [0.05, 0.1) is 5.60 Å². The van der Waals surface area contributed by atoms with Crippen LogP contribution in [0.25, 0.3) is 0 Å². The highest BCUT2D eigenvalue weighted by molar-refractivity contribution is 5.74. The Labute approximate surface area is 178 Å². The summed E-state index contributed by atoms with van der Waals surface area (Å²) in [4.78, 5) is 30.0. The van der Waals surface area contributed by atoms with Crippen LogP contribution in [0.15, 0.2) is 16.9 Å². The zero-order chi connectivity index (χ0) is 20.7. The summed E-state index contributed by atoms with van der Waals surface area (Å²) in [6.07, 6.45) is 5.62. The van der Waals surface area contributed by atoms with Crippen molar-refractivity contribution in [3.05, 3.63) is 33.7 Å². The van der Waals surface area contributed by atoms with Crippen LogP contribution in [0.5, 0.6) is 0 Å². The summed E-state index contributed by atoms with van der Waals surface area (Å²) in [5.41, 5.74) is 2.30. The molecular weight excluding hydrogens is 380 g/mol. The quantitative estimate of drug-likeness (QED) is 0.823. The van der Waals surface area contributed by atoms with Crippen molar-refractivity contribution in [2.45, 2.75) is 63.6 Å². The second-order valence-corrected chi connectivity index (χ2v) is 9.65. The number of rotatable bonds is 3. The molecular formula is C23H34N4O3. The van der Waals surface area contributed by atoms with Crippen molar-refractivity contribution in [3.63, 3.8) is 0 Å². The minimum atomic E-state index is 0.0220. The van der Waals surface area contributed by atoms with Crippen LogP contribution >= 0.6 is 0 Å². The molecule has 0 aromatic carbocycles. The summed E-state index contributed by atoms with van der Waals surface area (Å²) in [6, 6.07) is 4.20. The fraction of sp³-hybridized carbons (Fsp3) is 0.739. The van der Waals surface area contributed by atoms with E-state index < -0.39 is 0 Å². The summed E-state index contributed by atoms with van der Waals surface area (Å²) in [5, 5.41) is 2.92. The Morgan fingerprint density at radius 1 is 1.20 bits per heavy atom. The number of carbonyl (C=O) groups is 1. The molecule has 2 atom stereocenters. The number of carbonyl (C=O) groups excluding carboxylic acids is 1. The third kappa shape index (κ3) is 3.66. The number of nitrogens with zero attached hydrogens (tertiary/aromatic N) is 3. The lowest BCUT2D eigenvalue weighted by Gasteiger charge is -2.43. The summed E-state index contributed by atoms with van der Waals surface area (Å²) in [7, 11) is 0. The van der Waals surface area contributed by atoms with E-state index >= 15 is 0 Å². The molecule has 1 N–H and O–H groups in total. The minimum Gasteiger partial charge on any atom is -0.375 e. The normalized spacial score (nSPS) is 27.8. The van der Waals surface area contributed by atoms with Crippen LogP contribution in [0.2, 0.25) is 0 Å². The standard InChI is InChI=1S/C23H34N4O3/c1-2-24-22(29)26-13-17-12-19(16-26)20-5-4-18(21(28)27(20)14-17)15-25-9-7-23(8-10-25)6-3-11-30-23/h4-5,17,19H,2-3,6-16H2,1H3,(H,24,29)/t17-,19+/m0/s1. The molecule has 3 saturated heterocycles. The molecule has 164 valence electrons. The Balaban J connectivity index is 1.29. The van der Waals surface area contributed by atoms with E-state index in [2.05, 4.69) is 16.3 Å². The van der Waals surface area contributed by atoms with E-state index in [0.29, 0.717) is 19.0 Å². The van der Waals surface area contributed by atoms with Gasteiger partial charge in [-0.2, -0.15) is 0 Å². The van der Waals surface area contributed by atoms with Gasteiger partial charge in [0.1, 0.15) is 0 Å². The number of aromatic nitrogens is 1. The predicted octanol–water partition coefficient (Wildman–Crippen LogP) is 2.14. The third-order valence-electron chi connectivity index (χ3n) is 7.64. The van der Waals surface area contributed by atoms with E-state index in [-0.39, 0.29) is 23.1 Å². The molecule has 2 bridgehead atoms. The molecule has 4 aliphatic rings. The molecule has 0 aliphatic carbocycles. The van der Waals surface area contributed by atoms with Crippen molar-refractivity contribution in [3.8, 4) is 0 Å². The smallest absolute Gasteiger partial charge is 0.317 e. The molecule has 4 aliphatic heterocycles. The minimum absolute atomic E-state index is 0.0220. The fourth-order valence-electron chi connectivity index (χ4n) is 6.05. The summed E-state index contributed by atoms with van der Waals surface area (Å²) >= 11 is 0. The highest BCUT2D eigenvalue weighted by Gasteiger charge is 2.39. The zero-order valence-corrected chi connectivity index (χ0v) is 18.1. The Morgan fingerprint density at radius 3 is 2.77 bits per heavy atom. The molecule has 30 heavy (non-hydrogen) atoms. The van der Waals surface area contributed by atoms with Gasteiger partial charge in [-0.05, 0) is 51.0 Å². The van der Waals surface area contributed by atoms with Crippen LogP contribution in [0.1, 0.15) is 56.2 Å². The molecule has 2 amide bonds. The number of piperidine rings is 2. The maximum Gasteiger partial charge on any atom is 0.317 e. The number of nitrogens with one attached hydrogen (secondary N) is 1. The van der Waals surface area contributed by atoms with Crippen molar-refractivity contribution in [1.29, 1.82) is 0 Å². The molecule has 0 saturated carbocycles. The lowest BCUT2D eigenvalue weighted by Crippen LogP contribution is -2.52. The molecule has 0 unspecified atom stereocenters. The number of pyridine rings is 1. The van der Waals surface area contributed by atoms with Crippen LogP contribution < -0.4 is 10.9 Å². The van der Waals surface area contributed by atoms with Crippen molar-refractivity contribution >= 4 is 6.03 Å². The van der Waals surface area contributed by atoms with Gasteiger partial charge in [-0.1, -0.05) is 6.07 Å². The predicted molar refractivity (Wildman–Crippen MR) is 115 cm³/mol. The molecule has 7 nitrogen and oxygen atoms in total. The van der Waals surface area contributed by atoms with E-state index in [1.54, 1.807) is 0 Å². The first kappa shape index (κ1) is 20.1. The number of fused-ring (bicyclic) bond motifs is 4. The molecule has 1 spiro atoms. The average molecular weight is 415 g/mol. The van der Waals surface area contributed by atoms with Crippen molar-refractivity contribution < 1.29 is 9.53 Å². The number of urea groups is 1. The molecule has 0 radical (unpaired) electrons. The summed E-state index contributed by atoms with van der Waals surface area (Å²) < 4.78 is 8.04. The van der Waals surface area contributed by atoms with Gasteiger partial charge in [0, 0.05) is 69.6 Å². The zero-order valence-electron chi connectivity index (χ0n) is 18.1. The van der Waals surface area contributed by atoms with Crippen LogP contribution in [0, 0.1) is 5.92 Å². The molecule has 7 heteroatoms. The van der Waals surface area contributed by atoms with Crippen molar-refractivity contribution in [2.75, 3.05) is 39.3 Å². The number of hydrogen-bond acceptors (Lipinski definition) is 4. The Kier molecular flexibility index (Phi) is 5.35. The van der Waals surface area contributed by atoms with Gasteiger partial charge in [-0.3, -0.25) is 9.69 Å². The number of ether oxygens (including phenoxy) is 1. The van der Waals surface area contributed by atoms with Gasteiger partial charge in [0.2, 0.25) is 0 Å². The second-order valence-electron chi connectivity index (χ2n) is 9.65. The lowest BCUT2D eigenvalue weighted by atomic mass is 9.83. The monoisotopic (exact) mass is 414 g/mol. The van der Waals surface area contributed by atoms with Crippen LogP contribution in [-0.4, -0.2) is 65.3 Å². The van der Waals surface area contributed by atoms with Gasteiger partial charge >= 0.3 is 6.03 Å². The molecule has 3 fully saturated rings. The van der Waals surface area contributed by atoms with Crippen LogP contribution in [-0.2, 0) is 17.8 Å². The number of amides is 2. The van der Waals surface area contributed by atoms with Gasteiger partial charge < -0.3 is 19.5 Å². The van der Waals surface area contributed by atoms with Gasteiger partial charge in [0.15, 0.2) is 0 Å². The second kappa shape index (κ2) is 8.00. The van der Waals surface area contributed by atoms with E-state index in [1.165, 1.54) is 12.8 Å². The van der Waals surface area contributed by atoms with Crippen LogP contribution in [0.4, 0.5) is 4.79 Å².